The van der Waals surface area contributed by atoms with Crippen molar-refractivity contribution >= 4 is 0 Å². The van der Waals surface area contributed by atoms with E-state index >= 15 is 0 Å². The van der Waals surface area contributed by atoms with Crippen LogP contribution in [0.25, 0.3) is 11.3 Å². The molecule has 21 heavy (non-hydrogen) atoms. The van der Waals surface area contributed by atoms with Crippen LogP contribution in [0.15, 0.2) is 29.1 Å². The first kappa shape index (κ1) is 15.3. The third-order valence-corrected chi connectivity index (χ3v) is 3.15. The van der Waals surface area contributed by atoms with Crippen molar-refractivity contribution in [3.8, 4) is 11.3 Å². The van der Waals surface area contributed by atoms with Crippen LogP contribution in [0.1, 0.15) is 30.3 Å². The topological polar surface area (TPSA) is 45.8 Å². The van der Waals surface area contributed by atoms with Crippen molar-refractivity contribution < 1.29 is 13.2 Å². The van der Waals surface area contributed by atoms with Crippen LogP contribution in [0, 0.1) is 6.92 Å². The molecular weight excluding hydrogens is 281 g/mol. The second kappa shape index (κ2) is 5.71. The van der Waals surface area contributed by atoms with Crippen LogP contribution in [0.4, 0.5) is 13.2 Å². The zero-order valence-electron chi connectivity index (χ0n) is 11.7. The molecule has 2 aromatic rings. The first-order chi connectivity index (χ1) is 9.82. The van der Waals surface area contributed by atoms with E-state index in [9.17, 15) is 18.0 Å². The summed E-state index contributed by atoms with van der Waals surface area (Å²) in [6, 6.07) is 4.86. The number of aryl methyl sites for hydroxylation is 1. The number of alkyl halides is 3. The van der Waals surface area contributed by atoms with E-state index < -0.39 is 11.7 Å². The van der Waals surface area contributed by atoms with E-state index in [1.807, 2.05) is 6.92 Å². The molecule has 0 radical (unpaired) electrons. The Labute approximate surface area is 119 Å². The van der Waals surface area contributed by atoms with Gasteiger partial charge in [-0.3, -0.25) is 4.79 Å². The first-order valence-electron chi connectivity index (χ1n) is 6.60. The maximum atomic E-state index is 12.8. The number of rotatable bonds is 3. The molecule has 0 fully saturated rings. The lowest BCUT2D eigenvalue weighted by molar-refractivity contribution is -0.137. The standard InChI is InChI=1S/C15H15F3N2O/c1-3-5-12-19-13(9(2)14(21)20-12)10-6-4-7-11(8-10)15(16,17)18/h4,6-8H,3,5H2,1-2H3,(H,19,20,21). The fourth-order valence-corrected chi connectivity index (χ4v) is 2.06. The Balaban J connectivity index is 2.58. The van der Waals surface area contributed by atoms with E-state index in [-0.39, 0.29) is 5.56 Å². The predicted molar refractivity (Wildman–Crippen MR) is 74.0 cm³/mol. The molecular formula is C15H15F3N2O. The molecule has 112 valence electrons. The molecule has 0 aliphatic rings. The Hall–Kier alpha value is -2.11. The fraction of sp³-hybridized carbons (Fsp3) is 0.333. The van der Waals surface area contributed by atoms with Gasteiger partial charge in [0, 0.05) is 17.5 Å². The highest BCUT2D eigenvalue weighted by molar-refractivity contribution is 5.63. The van der Waals surface area contributed by atoms with Crippen LogP contribution in [0.5, 0.6) is 0 Å². The van der Waals surface area contributed by atoms with Gasteiger partial charge in [-0.05, 0) is 25.5 Å². The van der Waals surface area contributed by atoms with Gasteiger partial charge in [0.1, 0.15) is 5.82 Å². The summed E-state index contributed by atoms with van der Waals surface area (Å²) in [5.41, 5.74) is -0.160. The largest absolute Gasteiger partial charge is 0.416 e. The third-order valence-electron chi connectivity index (χ3n) is 3.15. The summed E-state index contributed by atoms with van der Waals surface area (Å²) in [6.45, 7) is 3.49. The van der Waals surface area contributed by atoms with Crippen LogP contribution in [-0.2, 0) is 12.6 Å². The zero-order chi connectivity index (χ0) is 15.6. The number of nitrogens with zero attached hydrogens (tertiary/aromatic N) is 1. The number of aromatic amines is 1. The van der Waals surface area contributed by atoms with Crippen LogP contribution in [0.2, 0.25) is 0 Å². The molecule has 1 aromatic heterocycles. The Morgan fingerprint density at radius 2 is 2.00 bits per heavy atom. The van der Waals surface area contributed by atoms with Gasteiger partial charge < -0.3 is 4.98 Å². The summed E-state index contributed by atoms with van der Waals surface area (Å²) in [4.78, 5) is 18.8. The molecule has 0 spiro atoms. The average molecular weight is 296 g/mol. The minimum absolute atomic E-state index is 0.297. The van der Waals surface area contributed by atoms with Gasteiger partial charge in [-0.15, -0.1) is 0 Å². The van der Waals surface area contributed by atoms with Crippen molar-refractivity contribution in [2.24, 2.45) is 0 Å². The molecule has 6 heteroatoms. The molecule has 1 aromatic carbocycles. The summed E-state index contributed by atoms with van der Waals surface area (Å²) < 4.78 is 38.3. The predicted octanol–water partition coefficient (Wildman–Crippen LogP) is 3.72. The van der Waals surface area contributed by atoms with E-state index in [1.54, 1.807) is 6.92 Å². The van der Waals surface area contributed by atoms with Gasteiger partial charge >= 0.3 is 6.18 Å². The maximum Gasteiger partial charge on any atom is 0.416 e. The van der Waals surface area contributed by atoms with Crippen molar-refractivity contribution in [3.63, 3.8) is 0 Å². The lowest BCUT2D eigenvalue weighted by atomic mass is 10.0. The SMILES string of the molecule is CCCc1nc(-c2cccc(C(F)(F)F)c2)c(C)c(=O)[nH]1. The Morgan fingerprint density at radius 3 is 2.62 bits per heavy atom. The van der Waals surface area contributed by atoms with E-state index in [0.717, 1.165) is 18.6 Å². The smallest absolute Gasteiger partial charge is 0.310 e. The van der Waals surface area contributed by atoms with Crippen molar-refractivity contribution in [3.05, 3.63) is 51.6 Å². The Morgan fingerprint density at radius 1 is 1.29 bits per heavy atom. The summed E-state index contributed by atoms with van der Waals surface area (Å²) in [5.74, 6) is 0.487. The fourth-order valence-electron chi connectivity index (χ4n) is 2.06. The van der Waals surface area contributed by atoms with E-state index in [4.69, 9.17) is 0 Å². The quantitative estimate of drug-likeness (QED) is 0.938. The van der Waals surface area contributed by atoms with Crippen LogP contribution in [-0.4, -0.2) is 9.97 Å². The number of H-pyrrole nitrogens is 1. The molecule has 0 aliphatic carbocycles. The van der Waals surface area contributed by atoms with Gasteiger partial charge in [0.15, 0.2) is 0 Å². The highest BCUT2D eigenvalue weighted by atomic mass is 19.4. The highest BCUT2D eigenvalue weighted by Crippen LogP contribution is 2.32. The number of halogens is 3. The molecule has 0 amide bonds. The minimum atomic E-state index is -4.42. The molecule has 0 aliphatic heterocycles. The second-order valence-corrected chi connectivity index (χ2v) is 4.81. The Kier molecular flexibility index (Phi) is 4.16. The van der Waals surface area contributed by atoms with Crippen molar-refractivity contribution in [2.75, 3.05) is 0 Å². The lowest BCUT2D eigenvalue weighted by Crippen LogP contribution is -2.16. The summed E-state index contributed by atoms with van der Waals surface area (Å²) in [5, 5.41) is 0. The summed E-state index contributed by atoms with van der Waals surface area (Å²) >= 11 is 0. The van der Waals surface area contributed by atoms with Crippen molar-refractivity contribution in [1.82, 2.24) is 9.97 Å². The van der Waals surface area contributed by atoms with Gasteiger partial charge in [-0.2, -0.15) is 13.2 Å². The number of hydrogen-bond donors (Lipinski definition) is 1. The van der Waals surface area contributed by atoms with Gasteiger partial charge in [0.2, 0.25) is 0 Å². The molecule has 0 saturated carbocycles. The normalized spacial score (nSPS) is 11.7. The van der Waals surface area contributed by atoms with Crippen molar-refractivity contribution in [2.45, 2.75) is 32.9 Å². The minimum Gasteiger partial charge on any atom is -0.310 e. The number of hydrogen-bond acceptors (Lipinski definition) is 2. The van der Waals surface area contributed by atoms with Gasteiger partial charge in [0.25, 0.3) is 5.56 Å². The monoisotopic (exact) mass is 296 g/mol. The number of benzene rings is 1. The molecule has 0 unspecified atom stereocenters. The van der Waals surface area contributed by atoms with Crippen molar-refractivity contribution in [1.29, 1.82) is 0 Å². The van der Waals surface area contributed by atoms with E-state index in [0.29, 0.717) is 29.1 Å². The zero-order valence-corrected chi connectivity index (χ0v) is 11.7. The molecule has 1 heterocycles. The molecule has 3 nitrogen and oxygen atoms in total. The molecule has 2 rings (SSSR count). The van der Waals surface area contributed by atoms with Gasteiger partial charge in [-0.25, -0.2) is 4.98 Å². The highest BCUT2D eigenvalue weighted by Gasteiger charge is 2.30. The molecule has 1 N–H and O–H groups in total. The van der Waals surface area contributed by atoms with Crippen LogP contribution >= 0.6 is 0 Å². The number of nitrogens with one attached hydrogen (secondary N) is 1. The first-order valence-corrected chi connectivity index (χ1v) is 6.60. The van der Waals surface area contributed by atoms with Crippen LogP contribution < -0.4 is 5.56 Å². The van der Waals surface area contributed by atoms with Gasteiger partial charge in [0.05, 0.1) is 11.3 Å². The van der Waals surface area contributed by atoms with Gasteiger partial charge in [-0.1, -0.05) is 19.1 Å². The second-order valence-electron chi connectivity index (χ2n) is 4.81. The lowest BCUT2D eigenvalue weighted by Gasteiger charge is -2.10. The van der Waals surface area contributed by atoms with E-state index in [2.05, 4.69) is 9.97 Å². The maximum absolute atomic E-state index is 12.8. The van der Waals surface area contributed by atoms with E-state index in [1.165, 1.54) is 12.1 Å². The third kappa shape index (κ3) is 3.32. The number of aromatic nitrogens is 2. The Bertz CT molecular complexity index is 705. The molecule has 0 bridgehead atoms. The summed E-state index contributed by atoms with van der Waals surface area (Å²) in [7, 11) is 0. The van der Waals surface area contributed by atoms with Crippen LogP contribution in [0.3, 0.4) is 0 Å². The molecule has 0 atom stereocenters. The average Bonchev–Trinajstić information content (AvgIpc) is 2.42. The summed E-state index contributed by atoms with van der Waals surface area (Å²) in [6.07, 6.45) is -3.06. The molecule has 0 saturated heterocycles.